The second-order valence-corrected chi connectivity index (χ2v) is 12.3. The lowest BCUT2D eigenvalue weighted by Crippen LogP contribution is -2.53. The van der Waals surface area contributed by atoms with Crippen molar-refractivity contribution in [3.8, 4) is 5.75 Å². The smallest absolute Gasteiger partial charge is 0.459 e. The van der Waals surface area contributed by atoms with E-state index in [4.69, 9.17) is 18.5 Å². The van der Waals surface area contributed by atoms with Crippen LogP contribution in [0.3, 0.4) is 0 Å². The van der Waals surface area contributed by atoms with Crippen molar-refractivity contribution in [2.45, 2.75) is 82.4 Å². The van der Waals surface area contributed by atoms with Gasteiger partial charge in [-0.3, -0.25) is 14.1 Å². The number of carbonyl (C=O) groups is 2. The van der Waals surface area contributed by atoms with Crippen molar-refractivity contribution in [2.75, 3.05) is 6.61 Å². The molecule has 1 saturated carbocycles. The van der Waals surface area contributed by atoms with E-state index in [2.05, 4.69) is 5.09 Å². The van der Waals surface area contributed by atoms with Crippen molar-refractivity contribution in [3.63, 3.8) is 0 Å². The number of hydrogen-bond donors (Lipinski definition) is 4. The number of hydrogen-bond acceptors (Lipinski definition) is 10. The number of nitrogens with zero attached hydrogens (tertiary/aromatic N) is 1. The molecule has 4 N–H and O–H groups in total. The molecule has 6 atom stereocenters. The van der Waals surface area contributed by atoms with Gasteiger partial charge in [0.05, 0.1) is 12.7 Å². The molecule has 2 fully saturated rings. The lowest BCUT2D eigenvalue weighted by atomic mass is 9.98. The van der Waals surface area contributed by atoms with E-state index in [0.717, 1.165) is 48.6 Å². The predicted molar refractivity (Wildman–Crippen MR) is 148 cm³/mol. The Hall–Kier alpha value is -3.06. The minimum Gasteiger partial charge on any atom is -0.461 e. The Balaban J connectivity index is 1.31. The fraction of sp³-hybridized carbons (Fsp3) is 0.500. The van der Waals surface area contributed by atoms with Crippen molar-refractivity contribution in [3.05, 3.63) is 54.5 Å². The molecule has 1 aliphatic carbocycles. The van der Waals surface area contributed by atoms with E-state index in [-0.39, 0.29) is 18.3 Å². The summed E-state index contributed by atoms with van der Waals surface area (Å²) in [6.45, 7) is 1.05. The Morgan fingerprint density at radius 2 is 1.93 bits per heavy atom. The summed E-state index contributed by atoms with van der Waals surface area (Å²) in [4.78, 5) is 25.3. The van der Waals surface area contributed by atoms with Gasteiger partial charge >= 0.3 is 13.7 Å². The van der Waals surface area contributed by atoms with Crippen molar-refractivity contribution in [1.29, 1.82) is 0 Å². The number of amides is 1. The van der Waals surface area contributed by atoms with Gasteiger partial charge in [0.15, 0.2) is 0 Å². The van der Waals surface area contributed by atoms with Gasteiger partial charge in [-0.15, -0.1) is 0 Å². The first-order valence-corrected chi connectivity index (χ1v) is 15.5. The molecule has 3 unspecified atom stereocenters. The second-order valence-electron chi connectivity index (χ2n) is 10.6. The van der Waals surface area contributed by atoms with Crippen LogP contribution in [0.2, 0.25) is 0 Å². The summed E-state index contributed by atoms with van der Waals surface area (Å²) in [5, 5.41) is 27.0. The van der Waals surface area contributed by atoms with E-state index >= 15 is 0 Å². The lowest BCUT2D eigenvalue weighted by molar-refractivity contribution is -0.152. The Labute approximate surface area is 242 Å². The molecule has 2 aromatic carbocycles. The minimum atomic E-state index is -4.30. The van der Waals surface area contributed by atoms with E-state index in [9.17, 15) is 28.8 Å². The molecule has 1 amide bonds. The van der Waals surface area contributed by atoms with Crippen LogP contribution in [-0.2, 0) is 28.2 Å². The molecule has 1 saturated heterocycles. The topological polar surface area (TPSA) is 156 Å². The number of esters is 1. The van der Waals surface area contributed by atoms with E-state index < -0.39 is 62.9 Å². The van der Waals surface area contributed by atoms with Crippen LogP contribution in [0.1, 0.15) is 45.4 Å². The summed E-state index contributed by atoms with van der Waals surface area (Å²) in [7, 11) is -4.30. The molecule has 0 aromatic heterocycles. The highest BCUT2D eigenvalue weighted by Gasteiger charge is 2.43. The Kier molecular flexibility index (Phi) is 9.46. The van der Waals surface area contributed by atoms with Gasteiger partial charge in [-0.2, -0.15) is 9.48 Å². The van der Waals surface area contributed by atoms with Gasteiger partial charge in [0.1, 0.15) is 30.2 Å². The highest BCUT2D eigenvalue weighted by atomic mass is 31.2. The maximum atomic E-state index is 14.2. The molecule has 0 spiro atoms. The third kappa shape index (κ3) is 7.11. The zero-order valence-electron chi connectivity index (χ0n) is 23.1. The summed E-state index contributed by atoms with van der Waals surface area (Å²) < 4.78 is 51.1. The summed E-state index contributed by atoms with van der Waals surface area (Å²) in [5.74, 6) is -2.56. The highest BCUT2D eigenvalue weighted by molar-refractivity contribution is 7.52. The Morgan fingerprint density at radius 3 is 2.71 bits per heavy atom. The monoisotopic (exact) mass is 607 g/mol. The quantitative estimate of drug-likeness (QED) is 0.232. The van der Waals surface area contributed by atoms with E-state index in [1.807, 2.05) is 23.5 Å². The number of carbonyl (C=O) groups excluding carboxylic acids is 2. The van der Waals surface area contributed by atoms with Crippen LogP contribution in [0.5, 0.6) is 5.75 Å². The van der Waals surface area contributed by atoms with Crippen LogP contribution < -0.4 is 14.9 Å². The van der Waals surface area contributed by atoms with Gasteiger partial charge < -0.3 is 34.4 Å². The van der Waals surface area contributed by atoms with E-state index in [1.54, 1.807) is 24.3 Å². The first-order chi connectivity index (χ1) is 20.1. The van der Waals surface area contributed by atoms with Crippen molar-refractivity contribution < 1.29 is 47.3 Å². The molecule has 0 bridgehead atoms. The molecule has 12 nitrogen and oxygen atoms in total. The molecule has 3 aliphatic rings. The summed E-state index contributed by atoms with van der Waals surface area (Å²) in [6, 6.07) is 11.5. The van der Waals surface area contributed by atoms with Crippen LogP contribution in [0, 0.1) is 0 Å². The molecule has 5 rings (SSSR count). The number of aliphatic hydroxyl groups is 2. The first-order valence-electron chi connectivity index (χ1n) is 14.0. The fourth-order valence-electron chi connectivity index (χ4n) is 5.22. The summed E-state index contributed by atoms with van der Waals surface area (Å²) in [6.07, 6.45) is 0.270. The predicted octanol–water partition coefficient (Wildman–Crippen LogP) is 3.19. The molecule has 228 valence electrons. The minimum absolute atomic E-state index is 0.0727. The maximum Gasteiger partial charge on any atom is 0.459 e. The molecule has 2 aliphatic heterocycles. The van der Waals surface area contributed by atoms with E-state index in [0.29, 0.717) is 5.39 Å². The second kappa shape index (κ2) is 13.1. The third-order valence-electron chi connectivity index (χ3n) is 7.48. The third-order valence-corrected chi connectivity index (χ3v) is 9.11. The number of nitrogens with one attached hydrogen (secondary N) is 2. The molecule has 0 radical (unpaired) electrons. The number of halogens is 1. The maximum absolute atomic E-state index is 14.2. The number of benzene rings is 2. The van der Waals surface area contributed by atoms with E-state index in [1.165, 1.54) is 6.92 Å². The van der Waals surface area contributed by atoms with Gasteiger partial charge in [0.2, 0.25) is 12.2 Å². The van der Waals surface area contributed by atoms with Crippen molar-refractivity contribution in [1.82, 2.24) is 15.3 Å². The highest BCUT2D eigenvalue weighted by Crippen LogP contribution is 2.47. The zero-order chi connectivity index (χ0) is 29.9. The Bertz CT molecular complexity index is 1370. The van der Waals surface area contributed by atoms with Crippen molar-refractivity contribution in [2.24, 2.45) is 0 Å². The number of rotatable bonds is 10. The Morgan fingerprint density at radius 1 is 1.19 bits per heavy atom. The first kappa shape index (κ1) is 30.4. The molecule has 2 aromatic rings. The lowest BCUT2D eigenvalue weighted by Gasteiger charge is -2.34. The number of fused-ring (bicyclic) bond motifs is 1. The molecule has 42 heavy (non-hydrogen) atoms. The van der Waals surface area contributed by atoms with Crippen LogP contribution >= 0.6 is 7.75 Å². The molecular formula is C28H35FN3O9P. The summed E-state index contributed by atoms with van der Waals surface area (Å²) in [5.41, 5.74) is 0. The molecular weight excluding hydrogens is 572 g/mol. The normalized spacial score (nSPS) is 27.2. The van der Waals surface area contributed by atoms with Crippen molar-refractivity contribution >= 4 is 30.4 Å². The average molecular weight is 608 g/mol. The van der Waals surface area contributed by atoms with Gasteiger partial charge in [-0.05, 0) is 44.1 Å². The van der Waals surface area contributed by atoms with Gasteiger partial charge in [0.25, 0.3) is 5.91 Å². The fourth-order valence-corrected chi connectivity index (χ4v) is 6.74. The number of ether oxygens (including phenoxy) is 2. The van der Waals surface area contributed by atoms with Crippen LogP contribution in [0.15, 0.2) is 54.5 Å². The largest absolute Gasteiger partial charge is 0.461 e. The van der Waals surface area contributed by atoms with Gasteiger partial charge in [0, 0.05) is 18.0 Å². The summed E-state index contributed by atoms with van der Waals surface area (Å²) >= 11 is 0. The van der Waals surface area contributed by atoms with Crippen LogP contribution in [-0.4, -0.2) is 70.5 Å². The van der Waals surface area contributed by atoms with Crippen LogP contribution in [0.25, 0.3) is 10.8 Å². The SMILES string of the molecule is C[C@H](NP(=O)(OC[C@H]1O[C@@H](N2C=C(F)C(=O)NC2O)CC1O)Oc1cccc2ccccc12)C(=O)OC1CCCCC1. The zero-order valence-corrected chi connectivity index (χ0v) is 24.0. The molecule has 14 heteroatoms. The van der Waals surface area contributed by atoms with Crippen LogP contribution in [0.4, 0.5) is 4.39 Å². The number of aliphatic hydroxyl groups excluding tert-OH is 2. The standard InChI is InChI=1S/C28H35FN3O9P/c1-17(27(35)39-19-10-3-2-4-11-19)31-42(37,41-23-13-7-9-18-8-5-6-12-20(18)23)38-16-24-22(33)14-25(40-24)32-15-21(29)26(34)30-28(32)36/h5-9,12-13,15,17,19,22,24-25,28,33,36H,2-4,10-11,14,16H2,1H3,(H,30,34)(H,31,37)/t17-,22?,24+,25+,28?,42?/m0/s1. The average Bonchev–Trinajstić information content (AvgIpc) is 3.34. The van der Waals surface area contributed by atoms with Gasteiger partial charge in [-0.1, -0.05) is 42.8 Å². The molecule has 2 heterocycles. The van der Waals surface area contributed by atoms with Gasteiger partial charge in [-0.25, -0.2) is 4.57 Å².